The molecule has 3 nitrogen and oxygen atoms in total. The third-order valence-corrected chi connectivity index (χ3v) is 5.32. The lowest BCUT2D eigenvalue weighted by atomic mass is 10.00. The summed E-state index contributed by atoms with van der Waals surface area (Å²) in [5.41, 5.74) is 5.55. The molecule has 1 unspecified atom stereocenters. The molecule has 22 heavy (non-hydrogen) atoms. The van der Waals surface area contributed by atoms with E-state index >= 15 is 0 Å². The van der Waals surface area contributed by atoms with Gasteiger partial charge >= 0.3 is 0 Å². The number of aromatic nitrogens is 1. The van der Waals surface area contributed by atoms with Crippen molar-refractivity contribution in [2.24, 2.45) is 0 Å². The van der Waals surface area contributed by atoms with Crippen molar-refractivity contribution < 1.29 is 0 Å². The minimum absolute atomic E-state index is 0.201. The Morgan fingerprint density at radius 3 is 2.73 bits per heavy atom. The van der Waals surface area contributed by atoms with Crippen molar-refractivity contribution in [3.63, 3.8) is 0 Å². The van der Waals surface area contributed by atoms with Gasteiger partial charge in [0.05, 0.1) is 5.52 Å². The van der Waals surface area contributed by atoms with Gasteiger partial charge in [-0.1, -0.05) is 12.5 Å². The first-order valence-corrected chi connectivity index (χ1v) is 8.34. The van der Waals surface area contributed by atoms with Crippen LogP contribution in [-0.4, -0.2) is 22.5 Å². The van der Waals surface area contributed by atoms with Crippen LogP contribution in [0.2, 0.25) is 0 Å². The van der Waals surface area contributed by atoms with Crippen LogP contribution in [-0.2, 0) is 6.54 Å². The van der Waals surface area contributed by atoms with E-state index in [2.05, 4.69) is 36.7 Å². The third-order valence-electron chi connectivity index (χ3n) is 5.32. The van der Waals surface area contributed by atoms with E-state index in [1.165, 1.54) is 30.4 Å². The van der Waals surface area contributed by atoms with E-state index in [1.807, 2.05) is 13.0 Å². The van der Waals surface area contributed by atoms with E-state index in [9.17, 15) is 4.79 Å². The second kappa shape index (κ2) is 5.88. The molecule has 2 aromatic rings. The Kier molecular flexibility index (Phi) is 4.09. The molecule has 0 saturated carbocycles. The summed E-state index contributed by atoms with van der Waals surface area (Å²) < 4.78 is 0. The summed E-state index contributed by atoms with van der Waals surface area (Å²) in [6, 6.07) is 4.59. The molecule has 0 spiro atoms. The molecule has 1 aliphatic rings. The maximum Gasteiger partial charge on any atom is 0.194 e. The molecule has 1 N–H and O–H groups in total. The zero-order chi connectivity index (χ0) is 15.9. The average molecular weight is 298 g/mol. The molecule has 118 valence electrons. The summed E-state index contributed by atoms with van der Waals surface area (Å²) in [6.45, 7) is 10.4. The molecule has 0 amide bonds. The molecule has 1 fully saturated rings. The third kappa shape index (κ3) is 2.58. The largest absolute Gasteiger partial charge is 0.358 e. The standard InChI is InChI=1S/C19H26N2O/c1-12-8-9-16-18(14(12)3)20-15(4)17(19(16)22)11-21-10-6-5-7-13(21)2/h8-9,13H,5-7,10-11H2,1-4H3,(H,20,22). The van der Waals surface area contributed by atoms with E-state index in [1.54, 1.807) is 0 Å². The molecule has 1 atom stereocenters. The molecule has 1 aliphatic heterocycles. The van der Waals surface area contributed by atoms with Crippen molar-refractivity contribution >= 4 is 10.9 Å². The second-order valence-electron chi connectivity index (χ2n) is 6.80. The quantitative estimate of drug-likeness (QED) is 0.914. The molecule has 0 aliphatic carbocycles. The topological polar surface area (TPSA) is 36.1 Å². The number of H-pyrrole nitrogens is 1. The highest BCUT2D eigenvalue weighted by molar-refractivity contribution is 5.83. The number of pyridine rings is 1. The summed E-state index contributed by atoms with van der Waals surface area (Å²) in [5.74, 6) is 0. The van der Waals surface area contributed by atoms with Crippen LogP contribution < -0.4 is 5.43 Å². The first-order chi connectivity index (χ1) is 10.5. The number of hydrogen-bond acceptors (Lipinski definition) is 2. The maximum atomic E-state index is 12.9. The van der Waals surface area contributed by atoms with Crippen molar-refractivity contribution in [2.45, 2.75) is 59.5 Å². The van der Waals surface area contributed by atoms with Crippen molar-refractivity contribution in [3.8, 4) is 0 Å². The normalized spacial score (nSPS) is 19.7. The van der Waals surface area contributed by atoms with Crippen molar-refractivity contribution in [2.75, 3.05) is 6.54 Å². The number of benzene rings is 1. The Morgan fingerprint density at radius 2 is 2.00 bits per heavy atom. The number of aromatic amines is 1. The van der Waals surface area contributed by atoms with Gasteiger partial charge in [-0.15, -0.1) is 0 Å². The van der Waals surface area contributed by atoms with Crippen LogP contribution in [0.5, 0.6) is 0 Å². The zero-order valence-corrected chi connectivity index (χ0v) is 14.1. The molecule has 0 bridgehead atoms. The number of aryl methyl sites for hydroxylation is 3. The van der Waals surface area contributed by atoms with Gasteiger partial charge in [0.25, 0.3) is 0 Å². The SMILES string of the molecule is Cc1ccc2c(=O)c(CN3CCCCC3C)c(C)[nH]c2c1C. The fraction of sp³-hybridized carbons (Fsp3) is 0.526. The lowest BCUT2D eigenvalue weighted by Crippen LogP contribution is -2.38. The number of nitrogens with one attached hydrogen (secondary N) is 1. The minimum Gasteiger partial charge on any atom is -0.358 e. The zero-order valence-electron chi connectivity index (χ0n) is 14.1. The Morgan fingerprint density at radius 1 is 1.23 bits per heavy atom. The van der Waals surface area contributed by atoms with E-state index in [-0.39, 0.29) is 5.43 Å². The van der Waals surface area contributed by atoms with E-state index in [4.69, 9.17) is 0 Å². The number of hydrogen-bond donors (Lipinski definition) is 1. The highest BCUT2D eigenvalue weighted by Crippen LogP contribution is 2.22. The van der Waals surface area contributed by atoms with Crippen LogP contribution >= 0.6 is 0 Å². The predicted octanol–water partition coefficient (Wildman–Crippen LogP) is 3.83. The number of rotatable bonds is 2. The molecule has 1 aromatic carbocycles. The van der Waals surface area contributed by atoms with Crippen LogP contribution in [0, 0.1) is 20.8 Å². The Bertz CT molecular complexity index is 760. The van der Waals surface area contributed by atoms with Crippen LogP contribution in [0.1, 0.15) is 48.6 Å². The summed E-state index contributed by atoms with van der Waals surface area (Å²) >= 11 is 0. The van der Waals surface area contributed by atoms with Gasteiger partial charge in [0.1, 0.15) is 0 Å². The molecular formula is C19H26N2O. The van der Waals surface area contributed by atoms with Crippen molar-refractivity contribution in [1.29, 1.82) is 0 Å². The number of likely N-dealkylation sites (tertiary alicyclic amines) is 1. The van der Waals surface area contributed by atoms with Gasteiger partial charge in [-0.3, -0.25) is 9.69 Å². The monoisotopic (exact) mass is 298 g/mol. The highest BCUT2D eigenvalue weighted by Gasteiger charge is 2.21. The van der Waals surface area contributed by atoms with Gasteiger partial charge in [0.2, 0.25) is 0 Å². The van der Waals surface area contributed by atoms with E-state index < -0.39 is 0 Å². The Balaban J connectivity index is 2.07. The highest BCUT2D eigenvalue weighted by atomic mass is 16.1. The summed E-state index contributed by atoms with van der Waals surface area (Å²) in [4.78, 5) is 18.9. The van der Waals surface area contributed by atoms with E-state index in [0.717, 1.165) is 35.2 Å². The van der Waals surface area contributed by atoms with Gasteiger partial charge in [-0.05, 0) is 64.3 Å². The first kappa shape index (κ1) is 15.3. The number of piperidine rings is 1. The molecular weight excluding hydrogens is 272 g/mol. The fourth-order valence-corrected chi connectivity index (χ4v) is 3.55. The van der Waals surface area contributed by atoms with E-state index in [0.29, 0.717) is 6.04 Å². The van der Waals surface area contributed by atoms with Crippen molar-refractivity contribution in [3.05, 3.63) is 44.7 Å². The molecule has 1 aromatic heterocycles. The summed E-state index contributed by atoms with van der Waals surface area (Å²) in [5, 5.41) is 0.827. The Labute approximate surface area is 132 Å². The van der Waals surface area contributed by atoms with Gasteiger partial charge in [-0.2, -0.15) is 0 Å². The van der Waals surface area contributed by atoms with Crippen LogP contribution in [0.4, 0.5) is 0 Å². The van der Waals surface area contributed by atoms with Gasteiger partial charge in [-0.25, -0.2) is 0 Å². The fourth-order valence-electron chi connectivity index (χ4n) is 3.55. The summed E-state index contributed by atoms with van der Waals surface area (Å²) in [7, 11) is 0. The van der Waals surface area contributed by atoms with Crippen molar-refractivity contribution in [1.82, 2.24) is 9.88 Å². The lowest BCUT2D eigenvalue weighted by Gasteiger charge is -2.33. The first-order valence-electron chi connectivity index (χ1n) is 8.34. The average Bonchev–Trinajstić information content (AvgIpc) is 2.49. The molecule has 3 rings (SSSR count). The minimum atomic E-state index is 0.201. The van der Waals surface area contributed by atoms with Crippen LogP contribution in [0.25, 0.3) is 10.9 Å². The smallest absolute Gasteiger partial charge is 0.194 e. The van der Waals surface area contributed by atoms with Gasteiger partial charge in [0.15, 0.2) is 5.43 Å². The number of nitrogens with zero attached hydrogens (tertiary/aromatic N) is 1. The second-order valence-corrected chi connectivity index (χ2v) is 6.80. The number of fused-ring (bicyclic) bond motifs is 1. The lowest BCUT2D eigenvalue weighted by molar-refractivity contribution is 0.152. The van der Waals surface area contributed by atoms with Gasteiger partial charge in [0, 0.05) is 29.2 Å². The predicted molar refractivity (Wildman–Crippen MR) is 92.5 cm³/mol. The van der Waals surface area contributed by atoms with Crippen LogP contribution in [0.15, 0.2) is 16.9 Å². The van der Waals surface area contributed by atoms with Crippen LogP contribution in [0.3, 0.4) is 0 Å². The maximum absolute atomic E-state index is 12.9. The Hall–Kier alpha value is -1.61. The molecule has 2 heterocycles. The summed E-state index contributed by atoms with van der Waals surface area (Å²) in [6.07, 6.45) is 3.79. The molecule has 0 radical (unpaired) electrons. The van der Waals surface area contributed by atoms with Gasteiger partial charge < -0.3 is 4.98 Å². The molecule has 3 heteroatoms. The molecule has 1 saturated heterocycles.